The Morgan fingerprint density at radius 1 is 0.322 bits per heavy atom. The SMILES string of the molecule is CC(C)c1ccc2cc3c(cc2c1)c1cc(-c2cc(C#N)ccc2C(C)C)cc2c4cc5cc(C(C)C)ccc5cc4n3c12.CC(C)c1ccc2cc3c(cc2c1)c1cc(-c2ccccc2C(C)(C)C)cc2c4cc5cc(C(C)C)ccc5cc4n3c12. The highest BCUT2D eigenvalue weighted by molar-refractivity contribution is 6.29. The van der Waals surface area contributed by atoms with Crippen LogP contribution in [0.25, 0.3) is 142 Å². The maximum atomic E-state index is 9.83. The normalized spacial score (nSPS) is 12.7. The molecular formula is C84H75N3. The molecule has 3 nitrogen and oxygen atoms in total. The van der Waals surface area contributed by atoms with Gasteiger partial charge in [0.1, 0.15) is 0 Å². The number of aromatic nitrogens is 2. The van der Waals surface area contributed by atoms with Gasteiger partial charge in [0.2, 0.25) is 0 Å². The van der Waals surface area contributed by atoms with Gasteiger partial charge >= 0.3 is 0 Å². The van der Waals surface area contributed by atoms with Crippen LogP contribution in [0.1, 0.15) is 159 Å². The third-order valence-corrected chi connectivity index (χ3v) is 19.5. The van der Waals surface area contributed by atoms with Gasteiger partial charge in [-0.15, -0.1) is 0 Å². The summed E-state index contributed by atoms with van der Waals surface area (Å²) in [4.78, 5) is 0. The van der Waals surface area contributed by atoms with E-state index in [0.29, 0.717) is 35.2 Å². The van der Waals surface area contributed by atoms with Crippen LogP contribution in [-0.2, 0) is 5.41 Å². The van der Waals surface area contributed by atoms with Crippen molar-refractivity contribution in [2.24, 2.45) is 0 Å². The number of nitriles is 1. The van der Waals surface area contributed by atoms with Crippen molar-refractivity contribution in [2.75, 3.05) is 0 Å². The van der Waals surface area contributed by atoms with Crippen molar-refractivity contribution in [3.8, 4) is 28.3 Å². The molecule has 0 fully saturated rings. The van der Waals surface area contributed by atoms with Crippen molar-refractivity contribution in [1.29, 1.82) is 5.26 Å². The van der Waals surface area contributed by atoms with Gasteiger partial charge in [-0.1, -0.05) is 193 Å². The maximum Gasteiger partial charge on any atom is 0.0991 e. The van der Waals surface area contributed by atoms with Crippen LogP contribution in [0, 0.1) is 11.3 Å². The molecule has 16 rings (SSSR count). The van der Waals surface area contributed by atoms with Crippen molar-refractivity contribution in [3.63, 3.8) is 0 Å². The molecule has 3 heteroatoms. The van der Waals surface area contributed by atoms with Gasteiger partial charge in [0.05, 0.1) is 44.7 Å². The van der Waals surface area contributed by atoms with Crippen molar-refractivity contribution in [2.45, 2.75) is 125 Å². The van der Waals surface area contributed by atoms with Crippen LogP contribution in [0.15, 0.2) is 188 Å². The first-order chi connectivity index (χ1) is 41.8. The van der Waals surface area contributed by atoms with Crippen molar-refractivity contribution in [1.82, 2.24) is 8.80 Å². The summed E-state index contributed by atoms with van der Waals surface area (Å²) in [7, 11) is 0. The Morgan fingerprint density at radius 2 is 0.667 bits per heavy atom. The molecule has 0 radical (unpaired) electrons. The van der Waals surface area contributed by atoms with Gasteiger partial charge in [0.15, 0.2) is 0 Å². The second-order valence-corrected chi connectivity index (χ2v) is 27.9. The Bertz CT molecular complexity index is 5270. The molecule has 0 saturated carbocycles. The van der Waals surface area contributed by atoms with Crippen LogP contribution in [0.2, 0.25) is 0 Å². The van der Waals surface area contributed by atoms with E-state index in [1.807, 2.05) is 6.07 Å². The number of nitrogens with zero attached hydrogens (tertiary/aromatic N) is 3. The van der Waals surface area contributed by atoms with Crippen LogP contribution < -0.4 is 0 Å². The fourth-order valence-corrected chi connectivity index (χ4v) is 14.6. The van der Waals surface area contributed by atoms with Gasteiger partial charge in [0, 0.05) is 43.1 Å². The fraction of sp³-hybridized carbons (Fsp3) is 0.226. The standard InChI is InChI=1S/C42H36N2.C42H39N/c1-23(2)27-8-10-29-20-40-36(16-31(29)14-27)38-18-33(35-13-26(22-43)7-12-34(35)25(5)6)19-39-37-17-32-15-28(24(3)4)9-11-30(32)21-41(37)44(40)42(38)39;1-24(2)26-12-14-28-22-39-34(18-30(28)16-26)36-20-32(33-10-8-9-11-38(33)42(5,6)7)21-37-35-19-31-17-27(25(3)4)13-15-29(31)23-40(35)43(39)41(36)37/h7-21,23-25H,1-6H3;8-25H,1-7H3. The average Bonchev–Trinajstić information content (AvgIpc) is 1.55. The second-order valence-electron chi connectivity index (χ2n) is 27.9. The number of fused-ring (bicyclic) bond motifs is 16. The lowest BCUT2D eigenvalue weighted by atomic mass is 9.81. The molecule has 87 heavy (non-hydrogen) atoms. The zero-order valence-corrected chi connectivity index (χ0v) is 52.6. The molecule has 12 aromatic carbocycles. The highest BCUT2D eigenvalue weighted by atomic mass is 14.9. The van der Waals surface area contributed by atoms with E-state index < -0.39 is 0 Å². The topological polar surface area (TPSA) is 32.6 Å². The van der Waals surface area contributed by atoms with Crippen molar-refractivity contribution in [3.05, 3.63) is 227 Å². The van der Waals surface area contributed by atoms with E-state index in [2.05, 4.69) is 287 Å². The van der Waals surface area contributed by atoms with Crippen LogP contribution >= 0.6 is 0 Å². The summed E-state index contributed by atoms with van der Waals surface area (Å²) in [6.07, 6.45) is 0. The number of rotatable bonds is 7. The Balaban J connectivity index is 0.000000147. The molecule has 0 aliphatic carbocycles. The Hall–Kier alpha value is -9.23. The Kier molecular flexibility index (Phi) is 12.5. The summed E-state index contributed by atoms with van der Waals surface area (Å²) in [5.74, 6) is 2.30. The molecule has 0 aliphatic heterocycles. The summed E-state index contributed by atoms with van der Waals surface area (Å²) < 4.78 is 5.04. The van der Waals surface area contributed by atoms with Gasteiger partial charge in [-0.05, 0) is 219 Å². The first kappa shape index (κ1) is 54.4. The monoisotopic (exact) mass is 1130 g/mol. The minimum Gasteiger partial charge on any atom is -0.308 e. The number of hydrogen-bond acceptors (Lipinski definition) is 1. The predicted molar refractivity (Wildman–Crippen MR) is 377 cm³/mol. The summed E-state index contributed by atoms with van der Waals surface area (Å²) in [5.41, 5.74) is 21.5. The number of benzene rings is 12. The van der Waals surface area contributed by atoms with Gasteiger partial charge in [-0.25, -0.2) is 0 Å². The van der Waals surface area contributed by atoms with Gasteiger partial charge in [-0.3, -0.25) is 0 Å². The third kappa shape index (κ3) is 8.65. The molecule has 16 aromatic rings. The summed E-state index contributed by atoms with van der Waals surface area (Å²) in [6, 6.07) is 74.4. The first-order valence-electron chi connectivity index (χ1n) is 31.7. The largest absolute Gasteiger partial charge is 0.308 e. The zero-order chi connectivity index (χ0) is 60.2. The average molecular weight is 1130 g/mol. The van der Waals surface area contributed by atoms with Gasteiger partial charge in [0.25, 0.3) is 0 Å². The lowest BCUT2D eigenvalue weighted by Crippen LogP contribution is -2.12. The summed E-state index contributed by atoms with van der Waals surface area (Å²) >= 11 is 0. The molecule has 0 unspecified atom stereocenters. The highest BCUT2D eigenvalue weighted by Gasteiger charge is 2.26. The maximum absolute atomic E-state index is 9.83. The molecule has 0 bridgehead atoms. The zero-order valence-electron chi connectivity index (χ0n) is 52.6. The molecule has 4 heterocycles. The quantitative estimate of drug-likeness (QED) is 0.157. The van der Waals surface area contributed by atoms with Crippen molar-refractivity contribution < 1.29 is 0 Å². The lowest BCUT2D eigenvalue weighted by Gasteiger charge is -2.23. The van der Waals surface area contributed by atoms with E-state index in [9.17, 15) is 5.26 Å². The van der Waals surface area contributed by atoms with Crippen LogP contribution in [0.3, 0.4) is 0 Å². The van der Waals surface area contributed by atoms with Crippen LogP contribution in [0.4, 0.5) is 0 Å². The highest BCUT2D eigenvalue weighted by Crippen LogP contribution is 2.48. The summed E-state index contributed by atoms with van der Waals surface area (Å²) in [6.45, 7) is 29.6. The molecule has 0 atom stereocenters. The Labute approximate surface area is 510 Å². The molecule has 0 N–H and O–H groups in total. The van der Waals surface area contributed by atoms with Crippen molar-refractivity contribution >= 4 is 119 Å². The third-order valence-electron chi connectivity index (χ3n) is 19.5. The lowest BCUT2D eigenvalue weighted by molar-refractivity contribution is 0.592. The minimum atomic E-state index is 0.0463. The van der Waals surface area contributed by atoms with Gasteiger partial charge in [-0.2, -0.15) is 5.26 Å². The number of hydrogen-bond donors (Lipinski definition) is 0. The van der Waals surface area contributed by atoms with E-state index in [0.717, 1.165) is 5.56 Å². The molecule has 0 spiro atoms. The molecule has 0 saturated heterocycles. The smallest absolute Gasteiger partial charge is 0.0991 e. The molecular weight excluding hydrogens is 1050 g/mol. The summed E-state index contributed by atoms with van der Waals surface area (Å²) in [5, 5.41) is 30.6. The van der Waals surface area contributed by atoms with E-state index in [4.69, 9.17) is 0 Å². The minimum absolute atomic E-state index is 0.0463. The molecule has 0 aliphatic rings. The van der Waals surface area contributed by atoms with E-state index in [1.165, 1.54) is 169 Å². The molecule has 4 aromatic heterocycles. The van der Waals surface area contributed by atoms with Crippen LogP contribution in [-0.4, -0.2) is 8.80 Å². The molecule has 426 valence electrons. The first-order valence-corrected chi connectivity index (χ1v) is 31.7. The fourth-order valence-electron chi connectivity index (χ4n) is 14.6. The van der Waals surface area contributed by atoms with Crippen LogP contribution in [0.5, 0.6) is 0 Å². The van der Waals surface area contributed by atoms with E-state index in [1.54, 1.807) is 0 Å². The van der Waals surface area contributed by atoms with E-state index >= 15 is 0 Å². The van der Waals surface area contributed by atoms with E-state index in [-0.39, 0.29) is 5.41 Å². The second kappa shape index (κ2) is 19.9. The van der Waals surface area contributed by atoms with Gasteiger partial charge < -0.3 is 8.80 Å². The Morgan fingerprint density at radius 3 is 0.989 bits per heavy atom. The predicted octanol–water partition coefficient (Wildman–Crippen LogP) is 24.4. The molecule has 0 amide bonds.